The summed E-state index contributed by atoms with van der Waals surface area (Å²) >= 11 is 6.67. The number of fused-ring (bicyclic) bond motifs is 1. The van der Waals surface area contributed by atoms with Gasteiger partial charge in [0.2, 0.25) is 12.2 Å². The van der Waals surface area contributed by atoms with Gasteiger partial charge in [0.25, 0.3) is 0 Å². The average molecular weight is 1240 g/mol. The highest BCUT2D eigenvalue weighted by atomic mass is 35.5. The van der Waals surface area contributed by atoms with E-state index < -0.39 is 132 Å². The van der Waals surface area contributed by atoms with Gasteiger partial charge < -0.3 is 86.9 Å². The Labute approximate surface area is 511 Å². The standard InChI is InChI=1S/C62H98ClN3O20/c1-18-46-62(13,75)52(70)37(6)65(16)30-33(2)28-60(11,74)53(86-57-50(69)44(64(14)15)25-34(3)81-57)35(4)51(36(5)55(71)83-46)85-48-29-61(12,76-17)54(38(7)82-48)84-47(67)21-22-77-23-24-78-45-26-40-43(27-42(45)63)66(39-19-20-39)31-41(49(40)68)56(72)79-32-80-58(73)59(8,9)10/h26-27,31,33-39,44,46,48,50-54,57,69-70,74-75H,18-25,28-30,32H2,1-17H3/t33-,34-,35+,36-,37-,38+,44+,46-,48+,50-,51+,52-,53-,54+,57+,60-,61-,62-/m1/s1. The van der Waals surface area contributed by atoms with Gasteiger partial charge >= 0.3 is 23.9 Å². The second-order valence-electron chi connectivity index (χ2n) is 26.4. The maximum atomic E-state index is 14.6. The molecule has 3 saturated heterocycles. The summed E-state index contributed by atoms with van der Waals surface area (Å²) in [6, 6.07) is 2.15. The molecule has 24 heteroatoms. The van der Waals surface area contributed by atoms with Crippen LogP contribution in [0.25, 0.3) is 10.9 Å². The quantitative estimate of drug-likeness (QED) is 0.0548. The van der Waals surface area contributed by atoms with Crippen LogP contribution < -0.4 is 10.2 Å². The lowest BCUT2D eigenvalue weighted by molar-refractivity contribution is -0.318. The molecule has 0 radical (unpaired) electrons. The molecule has 1 aliphatic carbocycles. The van der Waals surface area contributed by atoms with Crippen molar-refractivity contribution in [2.75, 3.05) is 61.4 Å². The number of aliphatic hydroxyl groups is 4. The van der Waals surface area contributed by atoms with Gasteiger partial charge in [-0.25, -0.2) is 4.79 Å². The first-order valence-electron chi connectivity index (χ1n) is 30.2. The number of benzene rings is 1. The van der Waals surface area contributed by atoms with E-state index in [0.717, 1.165) is 12.8 Å². The molecule has 1 aromatic heterocycles. The van der Waals surface area contributed by atoms with Crippen LogP contribution in [0.3, 0.4) is 0 Å². The summed E-state index contributed by atoms with van der Waals surface area (Å²) in [6.07, 6.45) is -6.60. The highest BCUT2D eigenvalue weighted by Crippen LogP contribution is 2.42. The van der Waals surface area contributed by atoms with Gasteiger partial charge in [0.15, 0.2) is 18.7 Å². The Bertz CT molecular complexity index is 2700. The first kappa shape index (κ1) is 71.0. The zero-order valence-corrected chi connectivity index (χ0v) is 54.3. The molecule has 4 aliphatic rings. The zero-order valence-electron chi connectivity index (χ0n) is 53.5. The molecule has 488 valence electrons. The van der Waals surface area contributed by atoms with Crippen molar-refractivity contribution < 1.29 is 91.7 Å². The number of aromatic nitrogens is 1. The highest BCUT2D eigenvalue weighted by molar-refractivity contribution is 6.32. The van der Waals surface area contributed by atoms with Crippen LogP contribution in [0.1, 0.15) is 151 Å². The number of carbonyl (C=O) groups excluding carboxylic acids is 4. The molecule has 0 spiro atoms. The Morgan fingerprint density at radius 1 is 0.907 bits per heavy atom. The summed E-state index contributed by atoms with van der Waals surface area (Å²) in [4.78, 5) is 71.1. The van der Waals surface area contributed by atoms with Crippen molar-refractivity contribution in [3.63, 3.8) is 0 Å². The van der Waals surface area contributed by atoms with E-state index in [2.05, 4.69) is 0 Å². The fourth-order valence-corrected chi connectivity index (χ4v) is 12.5. The summed E-state index contributed by atoms with van der Waals surface area (Å²) < 4.78 is 68.6. The van der Waals surface area contributed by atoms with Crippen molar-refractivity contribution in [3.05, 3.63) is 39.1 Å². The van der Waals surface area contributed by atoms with Crippen LogP contribution in [0.5, 0.6) is 5.75 Å². The number of methoxy groups -OCH3 is 1. The van der Waals surface area contributed by atoms with Gasteiger partial charge in [-0.3, -0.25) is 19.2 Å². The van der Waals surface area contributed by atoms with Gasteiger partial charge in [-0.05, 0) is 141 Å². The van der Waals surface area contributed by atoms with E-state index in [0.29, 0.717) is 18.5 Å². The normalized spacial score (nSPS) is 35.5. The summed E-state index contributed by atoms with van der Waals surface area (Å²) in [5.74, 6) is -4.96. The molecule has 4 heterocycles. The Kier molecular flexibility index (Phi) is 24.2. The molecule has 18 atom stereocenters. The first-order chi connectivity index (χ1) is 40.1. The molecule has 0 bridgehead atoms. The van der Waals surface area contributed by atoms with Crippen LogP contribution in [-0.2, 0) is 61.8 Å². The fraction of sp³-hybridized carbons (Fsp3) is 0.790. The lowest BCUT2D eigenvalue weighted by atomic mass is 9.77. The maximum Gasteiger partial charge on any atom is 0.346 e. The number of hydrogen-bond acceptors (Lipinski definition) is 22. The third kappa shape index (κ3) is 17.0. The van der Waals surface area contributed by atoms with Crippen LogP contribution in [-0.4, -0.2) is 210 Å². The number of esters is 4. The smallest absolute Gasteiger partial charge is 0.346 e. The van der Waals surface area contributed by atoms with Gasteiger partial charge in [0.05, 0.1) is 76.9 Å². The number of cyclic esters (lactones) is 1. The number of pyridine rings is 1. The largest absolute Gasteiger partial charge is 0.490 e. The summed E-state index contributed by atoms with van der Waals surface area (Å²) in [7, 11) is 7.01. The molecule has 1 aromatic carbocycles. The number of nitrogens with zero attached hydrogens (tertiary/aromatic N) is 3. The Balaban J connectivity index is 1.15. The van der Waals surface area contributed by atoms with Crippen LogP contribution in [0.2, 0.25) is 5.02 Å². The van der Waals surface area contributed by atoms with Gasteiger partial charge in [0.1, 0.15) is 47.4 Å². The SMILES string of the molecule is CC[C@H]1OC(=O)[C@H](C)[C@@H](O[C@H]2C[C@@](C)(OC)[C@@H](OC(=O)CCOCCOc3cc4c(=O)c(C(=O)OCOC(=O)C(C)(C)C)cn(C5CC5)c4cc3Cl)[C@H](C)O2)[C@H](C)[C@@H](O[C@@H]2O[C@H](C)C[C@H](N(C)C)[C@H]2O)[C@](C)(O)C[C@@H](C)CN(C)[C@H](C)[C@@H](O)[C@]1(C)O. The zero-order chi connectivity index (χ0) is 64.1. The number of carbonyl (C=O) groups is 4. The van der Waals surface area contributed by atoms with Crippen LogP contribution in [0.15, 0.2) is 23.1 Å². The number of rotatable bonds is 19. The third-order valence-corrected chi connectivity index (χ3v) is 17.9. The second-order valence-corrected chi connectivity index (χ2v) is 26.8. The Morgan fingerprint density at radius 2 is 1.58 bits per heavy atom. The highest BCUT2D eigenvalue weighted by Gasteiger charge is 2.54. The molecule has 2 aromatic rings. The van der Waals surface area contributed by atoms with Crippen molar-refractivity contribution in [1.82, 2.24) is 14.4 Å². The van der Waals surface area contributed by atoms with Crippen LogP contribution in [0, 0.1) is 23.2 Å². The van der Waals surface area contributed by atoms with Crippen molar-refractivity contribution in [3.8, 4) is 5.75 Å². The van der Waals surface area contributed by atoms with Gasteiger partial charge in [-0.15, -0.1) is 0 Å². The van der Waals surface area contributed by atoms with E-state index >= 15 is 0 Å². The molecular formula is C62H98ClN3O20. The molecule has 4 fully saturated rings. The van der Waals surface area contributed by atoms with Gasteiger partial charge in [-0.2, -0.15) is 0 Å². The Hall–Kier alpha value is -4.08. The number of hydrogen-bond donors (Lipinski definition) is 4. The van der Waals surface area contributed by atoms with Crippen LogP contribution >= 0.6 is 11.6 Å². The minimum atomic E-state index is -1.88. The lowest BCUT2D eigenvalue weighted by Gasteiger charge is -2.49. The van der Waals surface area contributed by atoms with Gasteiger partial charge in [0, 0.05) is 50.3 Å². The minimum Gasteiger partial charge on any atom is -0.490 e. The topological polar surface area (TPSA) is 279 Å². The second kappa shape index (κ2) is 29.3. The van der Waals surface area contributed by atoms with Crippen molar-refractivity contribution in [2.45, 2.75) is 231 Å². The van der Waals surface area contributed by atoms with Crippen molar-refractivity contribution in [2.24, 2.45) is 23.2 Å². The summed E-state index contributed by atoms with van der Waals surface area (Å²) in [5, 5.41) is 48.6. The van der Waals surface area contributed by atoms with E-state index in [1.54, 1.807) is 75.3 Å². The maximum absolute atomic E-state index is 14.6. The molecule has 23 nitrogen and oxygen atoms in total. The molecule has 3 aliphatic heterocycles. The predicted molar refractivity (Wildman–Crippen MR) is 316 cm³/mol. The average Bonchev–Trinajstić information content (AvgIpc) is 3.13. The summed E-state index contributed by atoms with van der Waals surface area (Å²) in [6.45, 7) is 22.0. The fourth-order valence-electron chi connectivity index (χ4n) is 12.3. The minimum absolute atomic E-state index is 0.00924. The lowest BCUT2D eigenvalue weighted by Crippen LogP contribution is -2.61. The van der Waals surface area contributed by atoms with E-state index in [9.17, 15) is 44.4 Å². The molecule has 6 rings (SSSR count). The number of likely N-dealkylation sites (N-methyl/N-ethyl adjacent to an activating group) is 2. The first-order valence-corrected chi connectivity index (χ1v) is 30.6. The Morgan fingerprint density at radius 3 is 2.20 bits per heavy atom. The number of aliphatic hydroxyl groups excluding tert-OH is 2. The molecule has 0 unspecified atom stereocenters. The number of ether oxygens (including phenoxy) is 11. The van der Waals surface area contributed by atoms with Crippen LogP contribution in [0.4, 0.5) is 0 Å². The van der Waals surface area contributed by atoms with E-state index in [1.165, 1.54) is 26.3 Å². The molecule has 86 heavy (non-hydrogen) atoms. The monoisotopic (exact) mass is 1240 g/mol. The van der Waals surface area contributed by atoms with E-state index in [4.69, 9.17) is 63.7 Å². The predicted octanol–water partition coefficient (Wildman–Crippen LogP) is 5.94. The molecular weight excluding hydrogens is 1140 g/mol. The number of halogens is 1. The van der Waals surface area contributed by atoms with Crippen molar-refractivity contribution >= 4 is 46.4 Å². The summed E-state index contributed by atoms with van der Waals surface area (Å²) in [5.41, 5.74) is -5.94. The third-order valence-electron chi connectivity index (χ3n) is 17.6. The molecule has 0 amide bonds. The molecule has 4 N–H and O–H groups in total. The van der Waals surface area contributed by atoms with Crippen molar-refractivity contribution in [1.29, 1.82) is 0 Å². The van der Waals surface area contributed by atoms with E-state index in [1.807, 2.05) is 49.4 Å². The molecule has 1 saturated carbocycles. The van der Waals surface area contributed by atoms with Gasteiger partial charge in [-0.1, -0.05) is 32.4 Å². The van der Waals surface area contributed by atoms with E-state index in [-0.39, 0.29) is 91.3 Å².